The number of amides is 1. The minimum absolute atomic E-state index is 0.0911. The average Bonchev–Trinajstić information content (AvgIpc) is 2.52. The first kappa shape index (κ1) is 15.6. The number of hydroxylamine groups is 1. The molecule has 1 aliphatic carbocycles. The van der Waals surface area contributed by atoms with E-state index in [2.05, 4.69) is 5.48 Å². The summed E-state index contributed by atoms with van der Waals surface area (Å²) in [4.78, 5) is 28.2. The number of hydrogen-bond donors (Lipinski definition) is 1. The highest BCUT2D eigenvalue weighted by Gasteiger charge is 2.23. The highest BCUT2D eigenvalue weighted by molar-refractivity contribution is 6.32. The minimum Gasteiger partial charge on any atom is -0.340 e. The van der Waals surface area contributed by atoms with Gasteiger partial charge in [-0.05, 0) is 30.5 Å². The molecule has 2 rings (SSSR count). The van der Waals surface area contributed by atoms with E-state index in [-0.39, 0.29) is 11.9 Å². The monoisotopic (exact) mass is 307 g/mol. The van der Waals surface area contributed by atoms with Crippen LogP contribution in [0.2, 0.25) is 5.02 Å². The van der Waals surface area contributed by atoms with Crippen LogP contribution < -0.4 is 5.48 Å². The molecule has 1 aromatic rings. The van der Waals surface area contributed by atoms with Gasteiger partial charge >= 0.3 is 5.97 Å². The van der Waals surface area contributed by atoms with E-state index in [1.54, 1.807) is 18.2 Å². The van der Waals surface area contributed by atoms with Gasteiger partial charge in [0.25, 0.3) is 5.91 Å². The number of carbonyl (C=O) groups excluding carboxylic acids is 2. The number of rotatable bonds is 3. The Hall–Kier alpha value is -1.81. The van der Waals surface area contributed by atoms with Crippen molar-refractivity contribution in [3.05, 3.63) is 40.9 Å². The van der Waals surface area contributed by atoms with Crippen molar-refractivity contribution in [3.8, 4) is 0 Å². The van der Waals surface area contributed by atoms with Crippen LogP contribution in [0.1, 0.15) is 37.7 Å². The van der Waals surface area contributed by atoms with Gasteiger partial charge in [0.1, 0.15) is 0 Å². The molecule has 0 saturated heterocycles. The molecule has 1 aliphatic rings. The van der Waals surface area contributed by atoms with Crippen LogP contribution in [0, 0.1) is 5.92 Å². The summed E-state index contributed by atoms with van der Waals surface area (Å²) in [6, 6.07) is 7.17. The van der Waals surface area contributed by atoms with Crippen LogP contribution in [-0.4, -0.2) is 11.9 Å². The zero-order valence-electron chi connectivity index (χ0n) is 11.7. The quantitative estimate of drug-likeness (QED) is 0.687. The second-order valence-electron chi connectivity index (χ2n) is 5.08. The Kier molecular flexibility index (Phi) is 5.81. The van der Waals surface area contributed by atoms with Gasteiger partial charge in [0, 0.05) is 11.1 Å². The Morgan fingerprint density at radius 3 is 2.62 bits per heavy atom. The van der Waals surface area contributed by atoms with E-state index in [0.29, 0.717) is 5.02 Å². The molecule has 0 spiro atoms. The van der Waals surface area contributed by atoms with Gasteiger partial charge in [-0.25, -0.2) is 4.79 Å². The van der Waals surface area contributed by atoms with Crippen molar-refractivity contribution >= 4 is 29.6 Å². The van der Waals surface area contributed by atoms with Crippen LogP contribution in [0.25, 0.3) is 6.08 Å². The van der Waals surface area contributed by atoms with Gasteiger partial charge in [-0.1, -0.05) is 49.1 Å². The second kappa shape index (κ2) is 7.84. The molecular formula is C16H18ClNO3. The van der Waals surface area contributed by atoms with E-state index in [0.717, 1.165) is 37.7 Å². The molecule has 1 aromatic carbocycles. The maximum absolute atomic E-state index is 11.7. The predicted octanol–water partition coefficient (Wildman–Crippen LogP) is 3.51. The second-order valence-corrected chi connectivity index (χ2v) is 5.48. The molecule has 1 amide bonds. The first-order chi connectivity index (χ1) is 10.2. The van der Waals surface area contributed by atoms with Gasteiger partial charge in [0.2, 0.25) is 0 Å². The lowest BCUT2D eigenvalue weighted by Gasteiger charge is -2.19. The van der Waals surface area contributed by atoms with Crippen LogP contribution in [0.4, 0.5) is 0 Å². The first-order valence-electron chi connectivity index (χ1n) is 7.10. The normalized spacial score (nSPS) is 15.9. The molecule has 5 heteroatoms. The average molecular weight is 308 g/mol. The Morgan fingerprint density at radius 2 is 1.90 bits per heavy atom. The summed E-state index contributed by atoms with van der Waals surface area (Å²) >= 11 is 5.97. The minimum atomic E-state index is -0.487. The van der Waals surface area contributed by atoms with Gasteiger partial charge in [0.05, 0.1) is 5.92 Å². The number of benzene rings is 1. The van der Waals surface area contributed by atoms with Crippen LogP contribution in [0.5, 0.6) is 0 Å². The molecule has 0 heterocycles. The van der Waals surface area contributed by atoms with Crippen LogP contribution in [0.15, 0.2) is 30.3 Å². The fourth-order valence-corrected chi connectivity index (χ4v) is 2.53. The summed E-state index contributed by atoms with van der Waals surface area (Å²) in [5.41, 5.74) is 2.88. The van der Waals surface area contributed by atoms with E-state index in [4.69, 9.17) is 16.4 Å². The molecule has 1 saturated carbocycles. The largest absolute Gasteiger partial charge is 0.340 e. The molecule has 0 aliphatic heterocycles. The molecule has 0 unspecified atom stereocenters. The summed E-state index contributed by atoms with van der Waals surface area (Å²) in [6.45, 7) is 0. The third-order valence-corrected chi connectivity index (χ3v) is 3.85. The molecule has 0 atom stereocenters. The maximum Gasteiger partial charge on any atom is 0.335 e. The Balaban J connectivity index is 1.79. The van der Waals surface area contributed by atoms with Crippen molar-refractivity contribution in [1.29, 1.82) is 0 Å². The zero-order chi connectivity index (χ0) is 15.1. The first-order valence-corrected chi connectivity index (χ1v) is 7.48. The summed E-state index contributed by atoms with van der Waals surface area (Å²) in [7, 11) is 0. The predicted molar refractivity (Wildman–Crippen MR) is 81.3 cm³/mol. The van der Waals surface area contributed by atoms with E-state index >= 15 is 0 Å². The third-order valence-electron chi connectivity index (χ3n) is 3.51. The third kappa shape index (κ3) is 4.90. The fourth-order valence-electron chi connectivity index (χ4n) is 2.33. The van der Waals surface area contributed by atoms with Crippen molar-refractivity contribution < 1.29 is 14.4 Å². The summed E-state index contributed by atoms with van der Waals surface area (Å²) < 4.78 is 0. The molecule has 0 bridgehead atoms. The Morgan fingerprint density at radius 1 is 1.19 bits per heavy atom. The number of halogens is 1. The van der Waals surface area contributed by atoms with E-state index < -0.39 is 5.91 Å². The van der Waals surface area contributed by atoms with Crippen LogP contribution in [0.3, 0.4) is 0 Å². The highest BCUT2D eigenvalue weighted by atomic mass is 35.5. The molecule has 0 radical (unpaired) electrons. The van der Waals surface area contributed by atoms with Crippen molar-refractivity contribution in [2.45, 2.75) is 32.1 Å². The molecule has 112 valence electrons. The van der Waals surface area contributed by atoms with Crippen LogP contribution in [-0.2, 0) is 14.4 Å². The van der Waals surface area contributed by atoms with Gasteiger partial charge in [-0.15, -0.1) is 0 Å². The topological polar surface area (TPSA) is 55.4 Å². The van der Waals surface area contributed by atoms with E-state index in [1.807, 2.05) is 12.1 Å². The van der Waals surface area contributed by atoms with Crippen molar-refractivity contribution in [2.75, 3.05) is 0 Å². The van der Waals surface area contributed by atoms with Crippen LogP contribution >= 0.6 is 11.6 Å². The Bertz CT molecular complexity index is 536. The van der Waals surface area contributed by atoms with Crippen molar-refractivity contribution in [2.24, 2.45) is 5.92 Å². The fraction of sp³-hybridized carbons (Fsp3) is 0.375. The van der Waals surface area contributed by atoms with E-state index in [1.165, 1.54) is 6.08 Å². The SMILES string of the molecule is O=C(C=Cc1ccccc1Cl)NOC(=O)C1CCCCC1. The summed E-state index contributed by atoms with van der Waals surface area (Å²) in [6.07, 6.45) is 7.78. The molecule has 1 N–H and O–H groups in total. The number of hydrogen-bond acceptors (Lipinski definition) is 3. The van der Waals surface area contributed by atoms with Crippen molar-refractivity contribution in [1.82, 2.24) is 5.48 Å². The molecule has 0 aromatic heterocycles. The molecule has 21 heavy (non-hydrogen) atoms. The lowest BCUT2D eigenvalue weighted by Crippen LogP contribution is -2.30. The molecular weight excluding hydrogens is 290 g/mol. The summed E-state index contributed by atoms with van der Waals surface area (Å²) in [5, 5.41) is 0.556. The maximum atomic E-state index is 11.7. The molecule has 4 nitrogen and oxygen atoms in total. The van der Waals surface area contributed by atoms with Gasteiger partial charge in [0.15, 0.2) is 0 Å². The lowest BCUT2D eigenvalue weighted by atomic mass is 9.89. The zero-order valence-corrected chi connectivity index (χ0v) is 12.4. The number of carbonyl (C=O) groups is 2. The smallest absolute Gasteiger partial charge is 0.335 e. The summed E-state index contributed by atoms with van der Waals surface area (Å²) in [5.74, 6) is -0.931. The lowest BCUT2D eigenvalue weighted by molar-refractivity contribution is -0.161. The highest BCUT2D eigenvalue weighted by Crippen LogP contribution is 2.24. The van der Waals surface area contributed by atoms with Gasteiger partial charge in [-0.2, -0.15) is 5.48 Å². The number of nitrogens with one attached hydrogen (secondary N) is 1. The van der Waals surface area contributed by atoms with Gasteiger partial charge in [-0.3, -0.25) is 4.79 Å². The molecule has 1 fully saturated rings. The standard InChI is InChI=1S/C16H18ClNO3/c17-14-9-5-4-6-12(14)10-11-15(19)18-21-16(20)13-7-2-1-3-8-13/h4-6,9-11,13H,1-3,7-8H2,(H,18,19). The van der Waals surface area contributed by atoms with Gasteiger partial charge < -0.3 is 4.84 Å². The van der Waals surface area contributed by atoms with E-state index in [9.17, 15) is 9.59 Å². The Labute approximate surface area is 129 Å². The van der Waals surface area contributed by atoms with Crippen molar-refractivity contribution in [3.63, 3.8) is 0 Å².